The molecule has 4 nitrogen and oxygen atoms in total. The molecule has 2 aromatic heterocycles. The monoisotopic (exact) mass is 690 g/mol. The summed E-state index contributed by atoms with van der Waals surface area (Å²) in [6, 6.07) is 50.3. The van der Waals surface area contributed by atoms with E-state index in [1.807, 2.05) is 84.9 Å². The Bertz CT molecular complexity index is 2730. The highest BCUT2D eigenvalue weighted by molar-refractivity contribution is 6.10. The lowest BCUT2D eigenvalue weighted by Crippen LogP contribution is -2.04. The molecule has 0 atom stereocenters. The first kappa shape index (κ1) is 32.1. The summed E-state index contributed by atoms with van der Waals surface area (Å²) >= 11 is 0. The van der Waals surface area contributed by atoms with E-state index in [9.17, 15) is 0 Å². The van der Waals surface area contributed by atoms with Gasteiger partial charge in [0.05, 0.1) is 22.3 Å². The number of aromatic nitrogens is 4. The smallest absolute Gasteiger partial charge is 0.166 e. The summed E-state index contributed by atoms with van der Waals surface area (Å²) in [6.45, 7) is 4.21. The van der Waals surface area contributed by atoms with Crippen molar-refractivity contribution in [2.75, 3.05) is 0 Å². The number of nitrogens with zero attached hydrogens (tertiary/aromatic N) is 4. The molecule has 2 heterocycles. The van der Waals surface area contributed by atoms with Crippen molar-refractivity contribution in [1.29, 1.82) is 0 Å². The van der Waals surface area contributed by atoms with E-state index in [1.54, 1.807) is 6.07 Å². The molecule has 53 heavy (non-hydrogen) atoms. The van der Waals surface area contributed by atoms with E-state index in [2.05, 4.69) is 66.9 Å². The normalized spacial score (nSPS) is 11.4. The van der Waals surface area contributed by atoms with Gasteiger partial charge in [0.1, 0.15) is 11.6 Å². The fourth-order valence-electron chi connectivity index (χ4n) is 7.31. The summed E-state index contributed by atoms with van der Waals surface area (Å²) in [5.41, 5.74) is 9.76. The topological polar surface area (TPSA) is 43.6 Å². The van der Waals surface area contributed by atoms with Crippen LogP contribution in [0.25, 0.3) is 83.9 Å². The quantitative estimate of drug-likeness (QED) is 0.174. The van der Waals surface area contributed by atoms with Gasteiger partial charge in [-0.05, 0) is 66.9 Å². The number of hydrogen-bond donors (Lipinski definition) is 0. The van der Waals surface area contributed by atoms with Gasteiger partial charge in [0.2, 0.25) is 0 Å². The van der Waals surface area contributed by atoms with Gasteiger partial charge < -0.3 is 4.57 Å². The van der Waals surface area contributed by atoms with Gasteiger partial charge in [-0.25, -0.2) is 23.7 Å². The van der Waals surface area contributed by atoms with Gasteiger partial charge >= 0.3 is 0 Å². The van der Waals surface area contributed by atoms with Gasteiger partial charge in [-0.3, -0.25) is 0 Å². The Morgan fingerprint density at radius 1 is 0.415 bits per heavy atom. The van der Waals surface area contributed by atoms with Crippen molar-refractivity contribution in [3.05, 3.63) is 180 Å². The SMILES string of the molecule is Cc1cc(C)cc(-c2ccc3c4ccccc4n(-c4cc(-c5c(F)cccc5F)ccc4-c4nc(-c5ccccc5)nc(-c5ccccc5)n4)c3c2)c1. The van der Waals surface area contributed by atoms with E-state index in [1.165, 1.54) is 29.3 Å². The maximum absolute atomic E-state index is 15.4. The summed E-state index contributed by atoms with van der Waals surface area (Å²) in [5, 5.41) is 2.10. The predicted octanol–water partition coefficient (Wildman–Crippen LogP) is 12.2. The van der Waals surface area contributed by atoms with E-state index in [4.69, 9.17) is 15.0 Å². The van der Waals surface area contributed by atoms with Gasteiger partial charge in [0.25, 0.3) is 0 Å². The Labute approximate surface area is 305 Å². The average Bonchev–Trinajstić information content (AvgIpc) is 3.51. The third-order valence-corrected chi connectivity index (χ3v) is 9.66. The first-order valence-electron chi connectivity index (χ1n) is 17.5. The zero-order chi connectivity index (χ0) is 36.1. The molecule has 9 aromatic rings. The number of fused-ring (bicyclic) bond motifs is 3. The number of halogens is 2. The van der Waals surface area contributed by atoms with E-state index >= 15 is 8.78 Å². The summed E-state index contributed by atoms with van der Waals surface area (Å²) in [6.07, 6.45) is 0. The number of hydrogen-bond acceptors (Lipinski definition) is 3. The second-order valence-electron chi connectivity index (χ2n) is 13.3. The van der Waals surface area contributed by atoms with Gasteiger partial charge in [-0.1, -0.05) is 132 Å². The lowest BCUT2D eigenvalue weighted by Gasteiger charge is -2.17. The largest absolute Gasteiger partial charge is 0.308 e. The molecule has 254 valence electrons. The Morgan fingerprint density at radius 2 is 0.981 bits per heavy atom. The second kappa shape index (κ2) is 13.1. The summed E-state index contributed by atoms with van der Waals surface area (Å²) in [4.78, 5) is 15.0. The third kappa shape index (κ3) is 5.84. The first-order valence-corrected chi connectivity index (χ1v) is 17.5. The van der Waals surface area contributed by atoms with Crippen LogP contribution in [0.4, 0.5) is 8.78 Å². The van der Waals surface area contributed by atoms with Crippen LogP contribution < -0.4 is 0 Å². The van der Waals surface area contributed by atoms with Gasteiger partial charge in [-0.15, -0.1) is 0 Å². The lowest BCUT2D eigenvalue weighted by atomic mass is 9.99. The molecule has 0 saturated heterocycles. The number of para-hydroxylation sites is 1. The van der Waals surface area contributed by atoms with Crippen LogP contribution in [0.3, 0.4) is 0 Å². The maximum Gasteiger partial charge on any atom is 0.166 e. The van der Waals surface area contributed by atoms with Crippen LogP contribution in [0.5, 0.6) is 0 Å². The highest BCUT2D eigenvalue weighted by Crippen LogP contribution is 2.40. The Kier molecular flexibility index (Phi) is 7.93. The van der Waals surface area contributed by atoms with Crippen molar-refractivity contribution in [3.63, 3.8) is 0 Å². The van der Waals surface area contributed by atoms with Crippen LogP contribution in [0.2, 0.25) is 0 Å². The van der Waals surface area contributed by atoms with Crippen LogP contribution in [0.15, 0.2) is 158 Å². The minimum Gasteiger partial charge on any atom is -0.308 e. The fourth-order valence-corrected chi connectivity index (χ4v) is 7.31. The molecule has 0 aliphatic heterocycles. The highest BCUT2D eigenvalue weighted by atomic mass is 19.1. The van der Waals surface area contributed by atoms with Crippen molar-refractivity contribution in [2.24, 2.45) is 0 Å². The van der Waals surface area contributed by atoms with Crippen molar-refractivity contribution in [1.82, 2.24) is 19.5 Å². The van der Waals surface area contributed by atoms with E-state index < -0.39 is 11.6 Å². The maximum atomic E-state index is 15.4. The Morgan fingerprint density at radius 3 is 1.64 bits per heavy atom. The molecule has 7 aromatic carbocycles. The van der Waals surface area contributed by atoms with Crippen LogP contribution in [-0.4, -0.2) is 19.5 Å². The molecular formula is C47H32F2N4. The van der Waals surface area contributed by atoms with Gasteiger partial charge in [-0.2, -0.15) is 0 Å². The molecule has 0 aliphatic carbocycles. The number of benzene rings is 7. The number of rotatable bonds is 6. The van der Waals surface area contributed by atoms with E-state index in [0.717, 1.165) is 44.1 Å². The number of aryl methyl sites for hydroxylation is 2. The van der Waals surface area contributed by atoms with Gasteiger partial charge in [0, 0.05) is 27.5 Å². The molecule has 0 spiro atoms. The standard InChI is InChI=1S/C47H32F2N4/c1-29-24-30(2)26-35(25-29)33-20-22-37-36-16-9-10-19-41(36)53(42(37)27-33)43-28-34(44-39(48)17-11-18-40(44)49)21-23-38(43)47-51-45(31-12-5-3-6-13-31)50-46(52-47)32-14-7-4-8-15-32/h3-28H,1-2H3. The van der Waals surface area contributed by atoms with E-state index in [0.29, 0.717) is 34.3 Å². The highest BCUT2D eigenvalue weighted by Gasteiger charge is 2.22. The summed E-state index contributed by atoms with van der Waals surface area (Å²) in [7, 11) is 0. The van der Waals surface area contributed by atoms with Crippen LogP contribution in [-0.2, 0) is 0 Å². The molecule has 0 saturated carbocycles. The average molecular weight is 691 g/mol. The molecule has 0 bridgehead atoms. The van der Waals surface area contributed by atoms with Crippen LogP contribution in [0, 0.1) is 25.5 Å². The molecule has 0 amide bonds. The first-order chi connectivity index (χ1) is 25.9. The Hall–Kier alpha value is -6.79. The molecule has 0 aliphatic rings. The van der Waals surface area contributed by atoms with Crippen molar-refractivity contribution in [3.8, 4) is 62.1 Å². The van der Waals surface area contributed by atoms with Crippen LogP contribution in [0.1, 0.15) is 11.1 Å². The van der Waals surface area contributed by atoms with Crippen molar-refractivity contribution < 1.29 is 8.78 Å². The second-order valence-corrected chi connectivity index (χ2v) is 13.3. The van der Waals surface area contributed by atoms with E-state index in [-0.39, 0.29) is 5.56 Å². The van der Waals surface area contributed by atoms with Crippen molar-refractivity contribution >= 4 is 21.8 Å². The summed E-state index contributed by atoms with van der Waals surface area (Å²) in [5.74, 6) is 0.194. The zero-order valence-electron chi connectivity index (χ0n) is 29.1. The molecule has 0 radical (unpaired) electrons. The molecule has 0 fully saturated rings. The Balaban J connectivity index is 1.38. The fraction of sp³-hybridized carbons (Fsp3) is 0.0426. The lowest BCUT2D eigenvalue weighted by molar-refractivity contribution is 0.589. The molecule has 0 unspecified atom stereocenters. The van der Waals surface area contributed by atoms with Gasteiger partial charge in [0.15, 0.2) is 17.5 Å². The molecule has 0 N–H and O–H groups in total. The molecule has 9 rings (SSSR count). The third-order valence-electron chi connectivity index (χ3n) is 9.66. The predicted molar refractivity (Wildman–Crippen MR) is 211 cm³/mol. The minimum atomic E-state index is -0.638. The minimum absolute atomic E-state index is 0.0948. The molecular weight excluding hydrogens is 659 g/mol. The zero-order valence-corrected chi connectivity index (χ0v) is 29.1. The van der Waals surface area contributed by atoms with Crippen molar-refractivity contribution in [2.45, 2.75) is 13.8 Å². The molecule has 6 heteroatoms. The van der Waals surface area contributed by atoms with Crippen LogP contribution >= 0.6 is 0 Å². The summed E-state index contributed by atoms with van der Waals surface area (Å²) < 4.78 is 33.1.